The number of benzene rings is 1. The van der Waals surface area contributed by atoms with Gasteiger partial charge in [-0.15, -0.1) is 5.92 Å². The number of anilines is 2. The van der Waals surface area contributed by atoms with Crippen LogP contribution in [0, 0.1) is 11.8 Å². The van der Waals surface area contributed by atoms with Crippen LogP contribution >= 0.6 is 0 Å². The van der Waals surface area contributed by atoms with E-state index in [9.17, 15) is 18.0 Å². The lowest BCUT2D eigenvalue weighted by molar-refractivity contribution is -0.137. The average molecular weight is 434 g/mol. The van der Waals surface area contributed by atoms with E-state index in [0.717, 1.165) is 43.0 Å². The van der Waals surface area contributed by atoms with Gasteiger partial charge in [-0.25, -0.2) is 4.68 Å². The number of alkyl halides is 3. The number of piperazine rings is 1. The summed E-state index contributed by atoms with van der Waals surface area (Å²) in [5.41, 5.74) is 5.64. The highest BCUT2D eigenvalue weighted by atomic mass is 19.4. The Morgan fingerprint density at radius 3 is 2.71 bits per heavy atom. The van der Waals surface area contributed by atoms with Gasteiger partial charge in [0, 0.05) is 26.2 Å². The largest absolute Gasteiger partial charge is 0.416 e. The van der Waals surface area contributed by atoms with Crippen LogP contribution in [-0.2, 0) is 12.7 Å². The van der Waals surface area contributed by atoms with Gasteiger partial charge < -0.3 is 16.0 Å². The molecule has 0 unspecified atom stereocenters. The third-order valence-electron chi connectivity index (χ3n) is 4.98. The SMILES string of the molecule is CC#CCN(CN1CCNCC1)c1c(N)cnn(Cc2cccc(C(F)(F)F)c2)c1=O. The van der Waals surface area contributed by atoms with Crippen molar-refractivity contribution in [3.05, 3.63) is 51.9 Å². The zero-order chi connectivity index (χ0) is 22.4. The quantitative estimate of drug-likeness (QED) is 0.673. The zero-order valence-corrected chi connectivity index (χ0v) is 17.2. The Morgan fingerprint density at radius 1 is 1.29 bits per heavy atom. The summed E-state index contributed by atoms with van der Waals surface area (Å²) in [6.07, 6.45) is -3.10. The van der Waals surface area contributed by atoms with Crippen molar-refractivity contribution in [2.24, 2.45) is 0 Å². The minimum absolute atomic E-state index is 0.100. The molecule has 0 atom stereocenters. The lowest BCUT2D eigenvalue weighted by Gasteiger charge is -2.33. The van der Waals surface area contributed by atoms with Gasteiger partial charge in [0.25, 0.3) is 5.56 Å². The maximum atomic E-state index is 13.2. The van der Waals surface area contributed by atoms with Crippen molar-refractivity contribution >= 4 is 11.4 Å². The number of hydrogen-bond acceptors (Lipinski definition) is 6. The molecule has 7 nitrogen and oxygen atoms in total. The Balaban J connectivity index is 1.92. The Labute approximate surface area is 178 Å². The van der Waals surface area contributed by atoms with Crippen LogP contribution in [0.5, 0.6) is 0 Å². The molecule has 1 aromatic heterocycles. The van der Waals surface area contributed by atoms with E-state index < -0.39 is 17.3 Å². The van der Waals surface area contributed by atoms with E-state index in [-0.39, 0.29) is 17.9 Å². The minimum atomic E-state index is -4.46. The fourth-order valence-electron chi connectivity index (χ4n) is 3.41. The van der Waals surface area contributed by atoms with Crippen LogP contribution in [0.1, 0.15) is 18.1 Å². The van der Waals surface area contributed by atoms with Gasteiger partial charge in [-0.05, 0) is 24.6 Å². The second kappa shape index (κ2) is 9.85. The van der Waals surface area contributed by atoms with Gasteiger partial charge in [-0.3, -0.25) is 9.69 Å². The zero-order valence-electron chi connectivity index (χ0n) is 17.2. The van der Waals surface area contributed by atoms with Crippen LogP contribution in [0.15, 0.2) is 35.3 Å². The lowest BCUT2D eigenvalue weighted by Crippen LogP contribution is -2.49. The molecule has 1 fully saturated rings. The monoisotopic (exact) mass is 434 g/mol. The van der Waals surface area contributed by atoms with Crippen molar-refractivity contribution in [2.45, 2.75) is 19.6 Å². The number of aromatic nitrogens is 2. The molecule has 0 saturated carbocycles. The van der Waals surface area contributed by atoms with Crippen LogP contribution < -0.4 is 21.5 Å². The van der Waals surface area contributed by atoms with Gasteiger partial charge in [0.05, 0.1) is 37.2 Å². The van der Waals surface area contributed by atoms with E-state index in [1.54, 1.807) is 11.8 Å². The molecule has 1 aliphatic heterocycles. The number of hydrogen-bond donors (Lipinski definition) is 2. The Hall–Kier alpha value is -3.03. The van der Waals surface area contributed by atoms with E-state index in [1.807, 2.05) is 0 Å². The maximum absolute atomic E-state index is 13.2. The number of nitrogens with two attached hydrogens (primary N) is 1. The highest BCUT2D eigenvalue weighted by molar-refractivity contribution is 5.65. The number of nitrogens with zero attached hydrogens (tertiary/aromatic N) is 4. The summed E-state index contributed by atoms with van der Waals surface area (Å²) in [6.45, 7) is 5.70. The Bertz CT molecular complexity index is 1020. The van der Waals surface area contributed by atoms with Gasteiger partial charge in [0.15, 0.2) is 0 Å². The number of nitrogen functional groups attached to an aromatic ring is 1. The molecule has 0 bridgehead atoms. The standard InChI is InChI=1S/C21H25F3N6O/c1-2-3-9-29(15-28-10-7-26-8-11-28)19-18(25)13-27-30(20(19)31)14-16-5-4-6-17(12-16)21(22,23)24/h4-6,12-13,26H,7-11,14-15,25H2,1H3. The molecule has 0 radical (unpaired) electrons. The first-order valence-corrected chi connectivity index (χ1v) is 9.89. The molecule has 1 aliphatic rings. The first kappa shape index (κ1) is 22.7. The molecular weight excluding hydrogens is 409 g/mol. The van der Waals surface area contributed by atoms with E-state index in [1.165, 1.54) is 18.3 Å². The normalized spacial score (nSPS) is 14.7. The van der Waals surface area contributed by atoms with Crippen molar-refractivity contribution < 1.29 is 13.2 Å². The predicted molar refractivity (Wildman–Crippen MR) is 114 cm³/mol. The van der Waals surface area contributed by atoms with Gasteiger partial charge in [0.1, 0.15) is 5.69 Å². The average Bonchev–Trinajstić information content (AvgIpc) is 2.74. The third kappa shape index (κ3) is 5.77. The lowest BCUT2D eigenvalue weighted by atomic mass is 10.1. The molecule has 3 N–H and O–H groups in total. The first-order chi connectivity index (χ1) is 14.8. The second-order valence-electron chi connectivity index (χ2n) is 7.24. The van der Waals surface area contributed by atoms with Crippen molar-refractivity contribution in [1.29, 1.82) is 0 Å². The second-order valence-corrected chi connectivity index (χ2v) is 7.24. The molecule has 1 aromatic carbocycles. The summed E-state index contributed by atoms with van der Waals surface area (Å²) in [5.74, 6) is 5.79. The summed E-state index contributed by atoms with van der Waals surface area (Å²) >= 11 is 0. The first-order valence-electron chi connectivity index (χ1n) is 9.89. The summed E-state index contributed by atoms with van der Waals surface area (Å²) in [4.78, 5) is 17.2. The molecule has 10 heteroatoms. The molecule has 1 saturated heterocycles. The molecule has 0 spiro atoms. The van der Waals surface area contributed by atoms with Crippen LogP contribution in [0.2, 0.25) is 0 Å². The Kier molecular flexibility index (Phi) is 7.20. The van der Waals surface area contributed by atoms with Gasteiger partial charge in [-0.1, -0.05) is 18.1 Å². The van der Waals surface area contributed by atoms with Gasteiger partial charge in [0.2, 0.25) is 0 Å². The van der Waals surface area contributed by atoms with E-state index in [2.05, 4.69) is 27.2 Å². The van der Waals surface area contributed by atoms with E-state index >= 15 is 0 Å². The number of halogens is 3. The van der Waals surface area contributed by atoms with Gasteiger partial charge >= 0.3 is 6.18 Å². The number of nitrogens with one attached hydrogen (secondary N) is 1. The molecule has 0 amide bonds. The minimum Gasteiger partial charge on any atom is -0.396 e. The summed E-state index contributed by atoms with van der Waals surface area (Å²) in [5, 5.41) is 7.32. The maximum Gasteiger partial charge on any atom is 0.416 e. The highest BCUT2D eigenvalue weighted by Crippen LogP contribution is 2.29. The highest BCUT2D eigenvalue weighted by Gasteiger charge is 2.30. The van der Waals surface area contributed by atoms with Crippen LogP contribution in [0.3, 0.4) is 0 Å². The number of rotatable bonds is 6. The molecule has 166 valence electrons. The molecule has 31 heavy (non-hydrogen) atoms. The smallest absolute Gasteiger partial charge is 0.396 e. The van der Waals surface area contributed by atoms with Crippen LogP contribution in [0.25, 0.3) is 0 Å². The summed E-state index contributed by atoms with van der Waals surface area (Å²) in [7, 11) is 0. The van der Waals surface area contributed by atoms with Crippen molar-refractivity contribution in [3.8, 4) is 11.8 Å². The van der Waals surface area contributed by atoms with E-state index in [0.29, 0.717) is 18.8 Å². The van der Waals surface area contributed by atoms with Crippen molar-refractivity contribution in [1.82, 2.24) is 20.0 Å². The van der Waals surface area contributed by atoms with E-state index in [4.69, 9.17) is 5.73 Å². The molecule has 2 heterocycles. The molecule has 3 rings (SSSR count). The molecule has 2 aromatic rings. The fraction of sp³-hybridized carbons (Fsp3) is 0.429. The summed E-state index contributed by atoms with van der Waals surface area (Å²) < 4.78 is 40.2. The predicted octanol–water partition coefficient (Wildman–Crippen LogP) is 1.59. The molecular formula is C21H25F3N6O. The molecule has 0 aliphatic carbocycles. The Morgan fingerprint density at radius 2 is 2.03 bits per heavy atom. The van der Waals surface area contributed by atoms with Crippen LogP contribution in [-0.4, -0.2) is 54.1 Å². The summed E-state index contributed by atoms with van der Waals surface area (Å²) in [6, 6.07) is 4.85. The topological polar surface area (TPSA) is 79.4 Å². The van der Waals surface area contributed by atoms with Crippen molar-refractivity contribution in [2.75, 3.05) is 50.0 Å². The van der Waals surface area contributed by atoms with Crippen molar-refractivity contribution in [3.63, 3.8) is 0 Å². The van der Waals surface area contributed by atoms with Crippen LogP contribution in [0.4, 0.5) is 24.5 Å². The van der Waals surface area contributed by atoms with Gasteiger partial charge in [-0.2, -0.15) is 18.3 Å². The fourth-order valence-corrected chi connectivity index (χ4v) is 3.41. The third-order valence-corrected chi connectivity index (χ3v) is 4.98.